The lowest BCUT2D eigenvalue weighted by molar-refractivity contribution is -0.114. The minimum Gasteiger partial charge on any atom is -0.324 e. The van der Waals surface area contributed by atoms with Gasteiger partial charge < -0.3 is 15.5 Å². The Labute approximate surface area is 151 Å². The first kappa shape index (κ1) is 16.3. The maximum atomic E-state index is 11.6. The molecule has 0 aliphatic carbocycles. The van der Waals surface area contributed by atoms with Gasteiger partial charge >= 0.3 is 0 Å². The molecule has 0 unspecified atom stereocenters. The van der Waals surface area contributed by atoms with E-state index < -0.39 is 0 Å². The molecule has 0 atom stereocenters. The highest BCUT2D eigenvalue weighted by atomic mass is 16.1. The Hall–Kier alpha value is -3.18. The second-order valence-electron chi connectivity index (χ2n) is 6.19. The molecule has 5 nitrogen and oxygen atoms in total. The normalized spacial score (nSPS) is 11.2. The van der Waals surface area contributed by atoms with Crippen molar-refractivity contribution in [2.24, 2.45) is 5.73 Å². The summed E-state index contributed by atoms with van der Waals surface area (Å²) >= 11 is 0. The second kappa shape index (κ2) is 6.61. The van der Waals surface area contributed by atoms with Crippen LogP contribution in [0.2, 0.25) is 0 Å². The third-order valence-corrected chi connectivity index (χ3v) is 4.57. The number of carbonyl (C=O) groups excluding carboxylic acids is 1. The number of aromatic nitrogens is 2. The van der Waals surface area contributed by atoms with Crippen molar-refractivity contribution in [1.82, 2.24) is 9.38 Å². The largest absolute Gasteiger partial charge is 0.324 e. The van der Waals surface area contributed by atoms with E-state index in [2.05, 4.69) is 42.6 Å². The van der Waals surface area contributed by atoms with Crippen LogP contribution >= 0.6 is 0 Å². The molecule has 3 N–H and O–H groups in total. The average molecular weight is 344 g/mol. The van der Waals surface area contributed by atoms with Gasteiger partial charge in [-0.05, 0) is 29.3 Å². The van der Waals surface area contributed by atoms with E-state index in [0.717, 1.165) is 29.0 Å². The number of nitrogens with one attached hydrogen (secondary N) is 1. The van der Waals surface area contributed by atoms with E-state index in [1.54, 1.807) is 0 Å². The molecule has 4 rings (SSSR count). The SMILES string of the molecule is CCc1c(-c2cccc3ccccc23)nc2ccc(NC(=O)CN)cn12. The fourth-order valence-electron chi connectivity index (χ4n) is 3.36. The monoisotopic (exact) mass is 344 g/mol. The van der Waals surface area contributed by atoms with Crippen molar-refractivity contribution < 1.29 is 4.79 Å². The number of fused-ring (bicyclic) bond motifs is 2. The van der Waals surface area contributed by atoms with Gasteiger partial charge in [0.1, 0.15) is 5.65 Å². The summed E-state index contributed by atoms with van der Waals surface area (Å²) in [4.78, 5) is 16.5. The van der Waals surface area contributed by atoms with Crippen molar-refractivity contribution in [3.05, 3.63) is 66.5 Å². The number of hydrogen-bond donors (Lipinski definition) is 2. The highest BCUT2D eigenvalue weighted by Gasteiger charge is 2.15. The number of aryl methyl sites for hydroxylation is 1. The van der Waals surface area contributed by atoms with Crippen molar-refractivity contribution in [2.75, 3.05) is 11.9 Å². The third kappa shape index (κ3) is 2.72. The molecule has 5 heteroatoms. The average Bonchev–Trinajstić information content (AvgIpc) is 3.05. The van der Waals surface area contributed by atoms with Crippen molar-refractivity contribution >= 4 is 28.0 Å². The molecule has 2 aromatic carbocycles. The van der Waals surface area contributed by atoms with Crippen LogP contribution < -0.4 is 11.1 Å². The van der Waals surface area contributed by atoms with Crippen LogP contribution in [0.5, 0.6) is 0 Å². The minimum atomic E-state index is -0.211. The van der Waals surface area contributed by atoms with Crippen LogP contribution in [-0.4, -0.2) is 21.8 Å². The molecule has 0 radical (unpaired) electrons. The molecule has 0 bridgehead atoms. The van der Waals surface area contributed by atoms with Crippen molar-refractivity contribution in [3.63, 3.8) is 0 Å². The molecular weight excluding hydrogens is 324 g/mol. The van der Waals surface area contributed by atoms with Crippen LogP contribution in [-0.2, 0) is 11.2 Å². The molecular formula is C21H20N4O. The zero-order valence-electron chi connectivity index (χ0n) is 14.6. The molecule has 0 saturated carbocycles. The van der Waals surface area contributed by atoms with Gasteiger partial charge in [-0.3, -0.25) is 4.79 Å². The summed E-state index contributed by atoms with van der Waals surface area (Å²) < 4.78 is 2.04. The Morgan fingerprint density at radius 1 is 1.12 bits per heavy atom. The van der Waals surface area contributed by atoms with Crippen molar-refractivity contribution in [1.29, 1.82) is 0 Å². The van der Waals surface area contributed by atoms with Crippen LogP contribution in [0, 0.1) is 0 Å². The van der Waals surface area contributed by atoms with Gasteiger partial charge in [-0.2, -0.15) is 0 Å². The number of imidazole rings is 1. The third-order valence-electron chi connectivity index (χ3n) is 4.57. The number of rotatable bonds is 4. The number of nitrogens with two attached hydrogens (primary N) is 1. The molecule has 0 fully saturated rings. The Morgan fingerprint density at radius 2 is 1.92 bits per heavy atom. The van der Waals surface area contributed by atoms with E-state index in [0.29, 0.717) is 5.69 Å². The van der Waals surface area contributed by atoms with Gasteiger partial charge in [0, 0.05) is 11.8 Å². The van der Waals surface area contributed by atoms with E-state index in [9.17, 15) is 4.79 Å². The van der Waals surface area contributed by atoms with E-state index in [1.807, 2.05) is 34.9 Å². The first-order valence-corrected chi connectivity index (χ1v) is 8.70. The Bertz CT molecular complexity index is 1110. The maximum Gasteiger partial charge on any atom is 0.238 e. The van der Waals surface area contributed by atoms with Gasteiger partial charge in [-0.25, -0.2) is 4.98 Å². The highest BCUT2D eigenvalue weighted by Crippen LogP contribution is 2.31. The molecule has 130 valence electrons. The zero-order chi connectivity index (χ0) is 18.1. The Morgan fingerprint density at radius 3 is 2.73 bits per heavy atom. The number of pyridine rings is 1. The number of benzene rings is 2. The fraction of sp³-hybridized carbons (Fsp3) is 0.143. The lowest BCUT2D eigenvalue weighted by Gasteiger charge is -2.08. The molecule has 0 aliphatic heterocycles. The van der Waals surface area contributed by atoms with Crippen LogP contribution in [0.25, 0.3) is 27.7 Å². The first-order valence-electron chi connectivity index (χ1n) is 8.70. The first-order chi connectivity index (χ1) is 12.7. The maximum absolute atomic E-state index is 11.6. The van der Waals surface area contributed by atoms with E-state index in [-0.39, 0.29) is 12.5 Å². The summed E-state index contributed by atoms with van der Waals surface area (Å²) in [6, 6.07) is 18.4. The van der Waals surface area contributed by atoms with Crippen LogP contribution in [0.4, 0.5) is 5.69 Å². The van der Waals surface area contributed by atoms with Crippen LogP contribution in [0.3, 0.4) is 0 Å². The van der Waals surface area contributed by atoms with Gasteiger partial charge in [0.05, 0.1) is 23.6 Å². The fourth-order valence-corrected chi connectivity index (χ4v) is 3.36. The molecule has 2 heterocycles. The summed E-state index contributed by atoms with van der Waals surface area (Å²) in [6.07, 6.45) is 2.73. The van der Waals surface area contributed by atoms with E-state index in [4.69, 9.17) is 10.7 Å². The van der Waals surface area contributed by atoms with Crippen LogP contribution in [0.15, 0.2) is 60.8 Å². The predicted molar refractivity (Wildman–Crippen MR) is 105 cm³/mol. The zero-order valence-corrected chi connectivity index (χ0v) is 14.6. The molecule has 2 aromatic heterocycles. The van der Waals surface area contributed by atoms with Gasteiger partial charge in [0.25, 0.3) is 0 Å². The Kier molecular flexibility index (Phi) is 4.14. The number of hydrogen-bond acceptors (Lipinski definition) is 3. The van der Waals surface area contributed by atoms with Gasteiger partial charge in [0.2, 0.25) is 5.91 Å². The molecule has 1 amide bonds. The van der Waals surface area contributed by atoms with E-state index in [1.165, 1.54) is 10.8 Å². The molecule has 0 saturated heterocycles. The number of nitrogens with zero attached hydrogens (tertiary/aromatic N) is 2. The summed E-state index contributed by atoms with van der Waals surface area (Å²) in [5.74, 6) is -0.211. The lowest BCUT2D eigenvalue weighted by Crippen LogP contribution is -2.21. The van der Waals surface area contributed by atoms with Gasteiger partial charge in [-0.1, -0.05) is 49.4 Å². The smallest absolute Gasteiger partial charge is 0.238 e. The topological polar surface area (TPSA) is 72.4 Å². The number of carbonyl (C=O) groups is 1. The van der Waals surface area contributed by atoms with Gasteiger partial charge in [0.15, 0.2) is 0 Å². The lowest BCUT2D eigenvalue weighted by atomic mass is 10.0. The second-order valence-corrected chi connectivity index (χ2v) is 6.19. The Balaban J connectivity index is 1.91. The molecule has 0 spiro atoms. The molecule has 0 aliphatic rings. The van der Waals surface area contributed by atoms with Crippen LogP contribution in [0.1, 0.15) is 12.6 Å². The van der Waals surface area contributed by atoms with Gasteiger partial charge in [-0.15, -0.1) is 0 Å². The number of anilines is 1. The van der Waals surface area contributed by atoms with Crippen molar-refractivity contribution in [2.45, 2.75) is 13.3 Å². The highest BCUT2D eigenvalue weighted by molar-refractivity contribution is 5.97. The molecule has 26 heavy (non-hydrogen) atoms. The summed E-state index contributed by atoms with van der Waals surface area (Å²) in [5.41, 5.74) is 10.2. The predicted octanol–water partition coefficient (Wildman–Crippen LogP) is 3.61. The summed E-state index contributed by atoms with van der Waals surface area (Å²) in [6.45, 7) is 2.08. The molecule has 4 aromatic rings. The quantitative estimate of drug-likeness (QED) is 0.594. The summed E-state index contributed by atoms with van der Waals surface area (Å²) in [5, 5.41) is 5.18. The standard InChI is InChI=1S/C21H20N4O/c1-2-18-21(17-9-5-7-14-6-3-4-8-16(14)17)24-19-11-10-15(13-25(18)19)23-20(26)12-22/h3-11,13H,2,12,22H2,1H3,(H,23,26). The summed E-state index contributed by atoms with van der Waals surface area (Å²) in [7, 11) is 0. The van der Waals surface area contributed by atoms with Crippen molar-refractivity contribution in [3.8, 4) is 11.3 Å². The number of amides is 1. The minimum absolute atomic E-state index is 0.0378. The van der Waals surface area contributed by atoms with E-state index >= 15 is 0 Å².